The highest BCUT2D eigenvalue weighted by atomic mass is 16.7. The quantitative estimate of drug-likeness (QED) is 0.141. The number of hydrogen-bond acceptors (Lipinski definition) is 4. The molecule has 0 fully saturated rings. The molecule has 232 valence electrons. The van der Waals surface area contributed by atoms with Crippen LogP contribution in [0.5, 0.6) is 0 Å². The second kappa shape index (κ2) is 14.7. The third-order valence-corrected chi connectivity index (χ3v) is 8.41. The topological polar surface area (TPSA) is 87.3 Å². The average molecular weight is 611 g/mol. The van der Waals surface area contributed by atoms with Gasteiger partial charge in [-0.05, 0) is 58.0 Å². The van der Waals surface area contributed by atoms with Gasteiger partial charge in [0.05, 0.1) is 12.0 Å². The molecule has 1 heterocycles. The molecule has 2 amide bonds. The molecule has 0 saturated carbocycles. The van der Waals surface area contributed by atoms with E-state index in [0.717, 1.165) is 38.2 Å². The highest BCUT2D eigenvalue weighted by Gasteiger charge is 2.30. The minimum Gasteiger partial charge on any atom is -0.351 e. The van der Waals surface area contributed by atoms with Crippen molar-refractivity contribution in [1.82, 2.24) is 20.3 Å². The van der Waals surface area contributed by atoms with Crippen LogP contribution in [-0.4, -0.2) is 39.4 Å². The van der Waals surface area contributed by atoms with E-state index < -0.39 is 12.0 Å². The largest absolute Gasteiger partial charge is 0.351 e. The van der Waals surface area contributed by atoms with Crippen LogP contribution in [0.2, 0.25) is 0 Å². The van der Waals surface area contributed by atoms with E-state index >= 15 is 0 Å². The molecule has 1 atom stereocenters. The van der Waals surface area contributed by atoms with Crippen molar-refractivity contribution in [2.24, 2.45) is 5.92 Å². The number of benzene rings is 5. The Bertz CT molecular complexity index is 1810. The summed E-state index contributed by atoms with van der Waals surface area (Å²) in [4.78, 5) is 41.7. The predicted molar refractivity (Wildman–Crippen MR) is 182 cm³/mol. The predicted octanol–water partition coefficient (Wildman–Crippen LogP) is 6.83. The van der Waals surface area contributed by atoms with Crippen molar-refractivity contribution in [3.05, 3.63) is 150 Å². The van der Waals surface area contributed by atoms with Crippen LogP contribution >= 0.6 is 0 Å². The molecule has 7 nitrogen and oxygen atoms in total. The van der Waals surface area contributed by atoms with Crippen molar-refractivity contribution < 1.29 is 14.4 Å². The van der Waals surface area contributed by atoms with Crippen LogP contribution in [0.1, 0.15) is 29.3 Å². The zero-order valence-corrected chi connectivity index (χ0v) is 25.9. The number of H-pyrrole nitrogens is 1. The number of fused-ring (bicyclic) bond motifs is 2. The number of carbonyl (C=O) groups is 2. The highest BCUT2D eigenvalue weighted by Crippen LogP contribution is 2.26. The number of aromatic nitrogens is 2. The maximum Gasteiger partial charge on any atom is 0.269 e. The highest BCUT2D eigenvalue weighted by molar-refractivity contribution is 5.91. The van der Waals surface area contributed by atoms with Crippen LogP contribution in [0.3, 0.4) is 0 Å². The minimum absolute atomic E-state index is 0.186. The number of hydrogen-bond donors (Lipinski definition) is 2. The molecule has 46 heavy (non-hydrogen) atoms. The summed E-state index contributed by atoms with van der Waals surface area (Å²) in [7, 11) is 0. The van der Waals surface area contributed by atoms with Crippen LogP contribution in [0.15, 0.2) is 128 Å². The molecular weight excluding hydrogens is 572 g/mol. The molecule has 5 aromatic carbocycles. The number of hydroxylamine groups is 2. The number of likely N-dealkylation sites (N-methyl/N-ethyl adjacent to an activating group) is 1. The van der Waals surface area contributed by atoms with Crippen LogP contribution in [0.4, 0.5) is 0 Å². The molecule has 1 aromatic heterocycles. The smallest absolute Gasteiger partial charge is 0.269 e. The van der Waals surface area contributed by atoms with Crippen LogP contribution in [0, 0.1) is 5.92 Å². The van der Waals surface area contributed by atoms with E-state index in [0.29, 0.717) is 25.1 Å². The van der Waals surface area contributed by atoms with Crippen LogP contribution < -0.4 is 5.32 Å². The molecule has 6 aromatic rings. The molecule has 2 N–H and O–H groups in total. The van der Waals surface area contributed by atoms with Crippen molar-refractivity contribution in [3.63, 3.8) is 0 Å². The second-order valence-corrected chi connectivity index (χ2v) is 11.5. The van der Waals surface area contributed by atoms with Gasteiger partial charge in [-0.15, -0.1) is 0 Å². The van der Waals surface area contributed by atoms with E-state index in [1.807, 2.05) is 73.7 Å². The molecule has 0 aliphatic rings. The van der Waals surface area contributed by atoms with Crippen molar-refractivity contribution >= 4 is 33.4 Å². The van der Waals surface area contributed by atoms with Gasteiger partial charge in [0.25, 0.3) is 5.91 Å². The van der Waals surface area contributed by atoms with Crippen molar-refractivity contribution in [3.8, 4) is 0 Å². The Morgan fingerprint density at radius 3 is 1.93 bits per heavy atom. The molecular formula is C39H38N4O3. The molecule has 0 radical (unpaired) electrons. The summed E-state index contributed by atoms with van der Waals surface area (Å²) >= 11 is 0. The van der Waals surface area contributed by atoms with Gasteiger partial charge < -0.3 is 10.3 Å². The Kier molecular flexibility index (Phi) is 9.81. The van der Waals surface area contributed by atoms with Crippen molar-refractivity contribution in [1.29, 1.82) is 0 Å². The van der Waals surface area contributed by atoms with Gasteiger partial charge in [-0.1, -0.05) is 115 Å². The molecule has 0 aliphatic heterocycles. The third kappa shape index (κ3) is 7.33. The standard InChI is InChI=1S/C39H38N4O3/c1-2-43(46-26-28-12-4-3-5-13-28)39(45)37(24-34-25-40-27-41-34)42-38(44)33(22-31-18-10-16-29-14-6-8-20-35(29)31)23-32-19-11-17-30-15-7-9-21-36(30)32/h3-21,25,27,33,37H,2,22-24,26H2,1H3,(H,40,41)(H,42,44). The summed E-state index contributed by atoms with van der Waals surface area (Å²) in [5, 5.41) is 8.99. The molecule has 1 unspecified atom stereocenters. The van der Waals surface area contributed by atoms with E-state index in [2.05, 4.69) is 63.8 Å². The Hall–Kier alpha value is -5.27. The Morgan fingerprint density at radius 1 is 0.761 bits per heavy atom. The Labute approximate surface area is 269 Å². The number of nitrogens with one attached hydrogen (secondary N) is 2. The van der Waals surface area contributed by atoms with Crippen molar-refractivity contribution in [2.45, 2.75) is 38.8 Å². The fourth-order valence-corrected chi connectivity index (χ4v) is 6.04. The summed E-state index contributed by atoms with van der Waals surface area (Å²) in [6, 6.07) is 37.8. The molecule has 6 rings (SSSR count). The lowest BCUT2D eigenvalue weighted by Gasteiger charge is -2.27. The summed E-state index contributed by atoms with van der Waals surface area (Å²) < 4.78 is 0. The third-order valence-electron chi connectivity index (χ3n) is 8.41. The first kappa shape index (κ1) is 30.7. The SMILES string of the molecule is CCN(OCc1ccccc1)C(=O)C(Cc1c[nH]cn1)NC(=O)C(Cc1cccc2ccccc12)Cc1cccc2ccccc12. The number of carbonyl (C=O) groups excluding carboxylic acids is 2. The monoisotopic (exact) mass is 610 g/mol. The lowest BCUT2D eigenvalue weighted by Crippen LogP contribution is -2.51. The lowest BCUT2D eigenvalue weighted by atomic mass is 9.87. The van der Waals surface area contributed by atoms with Crippen LogP contribution in [-0.2, 0) is 40.3 Å². The molecule has 0 bridgehead atoms. The van der Waals surface area contributed by atoms with Gasteiger partial charge in [0.15, 0.2) is 0 Å². The van der Waals surface area contributed by atoms with Crippen LogP contribution in [0.25, 0.3) is 21.5 Å². The van der Waals surface area contributed by atoms with Gasteiger partial charge in [-0.25, -0.2) is 10.0 Å². The van der Waals surface area contributed by atoms with E-state index in [1.54, 1.807) is 12.5 Å². The molecule has 7 heteroatoms. The second-order valence-electron chi connectivity index (χ2n) is 11.5. The van der Waals surface area contributed by atoms with E-state index in [9.17, 15) is 9.59 Å². The average Bonchev–Trinajstić information content (AvgIpc) is 3.62. The van der Waals surface area contributed by atoms with Gasteiger partial charge in [0, 0.05) is 25.1 Å². The lowest BCUT2D eigenvalue weighted by molar-refractivity contribution is -0.192. The summed E-state index contributed by atoms with van der Waals surface area (Å²) in [6.45, 7) is 2.43. The number of amides is 2. The number of rotatable bonds is 13. The minimum atomic E-state index is -0.867. The Balaban J connectivity index is 1.30. The maximum atomic E-state index is 14.4. The molecule has 0 spiro atoms. The summed E-state index contributed by atoms with van der Waals surface area (Å²) in [5.74, 6) is -0.941. The number of nitrogens with zero attached hydrogens (tertiary/aromatic N) is 2. The zero-order valence-electron chi connectivity index (χ0n) is 25.9. The van der Waals surface area contributed by atoms with Crippen molar-refractivity contribution in [2.75, 3.05) is 6.54 Å². The van der Waals surface area contributed by atoms with Gasteiger partial charge in [0.1, 0.15) is 12.6 Å². The number of aromatic amines is 1. The van der Waals surface area contributed by atoms with Gasteiger partial charge in [-0.2, -0.15) is 0 Å². The summed E-state index contributed by atoms with van der Waals surface area (Å²) in [6.07, 6.45) is 4.58. The normalized spacial score (nSPS) is 12.0. The van der Waals surface area contributed by atoms with E-state index in [-0.39, 0.29) is 24.8 Å². The first-order valence-electron chi connectivity index (χ1n) is 15.8. The zero-order chi connectivity index (χ0) is 31.7. The first-order valence-corrected chi connectivity index (χ1v) is 15.8. The van der Waals surface area contributed by atoms with E-state index in [4.69, 9.17) is 4.84 Å². The van der Waals surface area contributed by atoms with E-state index in [1.165, 1.54) is 5.06 Å². The first-order chi connectivity index (χ1) is 22.6. The van der Waals surface area contributed by atoms with Gasteiger partial charge in [-0.3, -0.25) is 14.4 Å². The Morgan fingerprint density at radius 2 is 1.35 bits per heavy atom. The molecule has 0 saturated heterocycles. The molecule has 0 aliphatic carbocycles. The maximum absolute atomic E-state index is 14.4. The van der Waals surface area contributed by atoms with Gasteiger partial charge >= 0.3 is 0 Å². The summed E-state index contributed by atoms with van der Waals surface area (Å²) in [5.41, 5.74) is 3.81. The fraction of sp³-hybridized carbons (Fsp3) is 0.205. The fourth-order valence-electron chi connectivity index (χ4n) is 6.04. The number of imidazole rings is 1. The van der Waals surface area contributed by atoms with Gasteiger partial charge in [0.2, 0.25) is 5.91 Å².